The summed E-state index contributed by atoms with van der Waals surface area (Å²) in [5, 5.41) is 8.27. The number of fused-ring (bicyclic) bond motifs is 3. The summed E-state index contributed by atoms with van der Waals surface area (Å²) in [6, 6.07) is 4.69. The maximum Gasteiger partial charge on any atom is 0.173 e. The van der Waals surface area contributed by atoms with Gasteiger partial charge in [0.2, 0.25) is 0 Å². The molecule has 3 aliphatic rings. The van der Waals surface area contributed by atoms with E-state index in [1.165, 1.54) is 12.1 Å². The quantitative estimate of drug-likeness (QED) is 0.573. The van der Waals surface area contributed by atoms with Gasteiger partial charge in [-0.2, -0.15) is 5.10 Å². The Morgan fingerprint density at radius 2 is 1.79 bits per heavy atom. The zero-order valence-corrected chi connectivity index (χ0v) is 16.3. The summed E-state index contributed by atoms with van der Waals surface area (Å²) >= 11 is 0. The van der Waals surface area contributed by atoms with Gasteiger partial charge in [-0.25, -0.2) is 13.8 Å². The minimum Gasteiger partial charge on any atom is -0.314 e. The number of aryl methyl sites for hydroxylation is 1. The number of nitrogens with one attached hydrogen (secondary N) is 1. The third-order valence-electron chi connectivity index (χ3n) is 7.03. The molecule has 0 spiro atoms. The molecule has 0 unspecified atom stereocenters. The Kier molecular flexibility index (Phi) is 3.19. The van der Waals surface area contributed by atoms with Crippen LogP contribution in [0.4, 0.5) is 8.78 Å². The highest BCUT2D eigenvalue weighted by molar-refractivity contribution is 5.84. The van der Waals surface area contributed by atoms with Crippen LogP contribution in [-0.4, -0.2) is 31.8 Å². The molecule has 1 aromatic carbocycles. The van der Waals surface area contributed by atoms with Crippen molar-refractivity contribution < 1.29 is 8.78 Å². The highest BCUT2D eigenvalue weighted by Gasteiger charge is 2.61. The van der Waals surface area contributed by atoms with Crippen molar-refractivity contribution in [2.45, 2.75) is 36.6 Å². The SMILES string of the molecule is CNC12CCC(c3cn4cc(-c5cc(F)c6nn(C)cc6c5)cc(F)c4n3)(C1)C2. The predicted molar refractivity (Wildman–Crippen MR) is 107 cm³/mol. The molecular formula is C22H21F2N5. The fraction of sp³-hybridized carbons (Fsp3) is 0.364. The van der Waals surface area contributed by atoms with Gasteiger partial charge < -0.3 is 9.72 Å². The van der Waals surface area contributed by atoms with E-state index >= 15 is 0 Å². The van der Waals surface area contributed by atoms with Gasteiger partial charge in [-0.1, -0.05) is 0 Å². The molecule has 3 saturated carbocycles. The second-order valence-electron chi connectivity index (χ2n) is 8.80. The Balaban J connectivity index is 1.45. The molecule has 0 amide bonds. The second-order valence-corrected chi connectivity index (χ2v) is 8.80. The molecule has 0 radical (unpaired) electrons. The monoisotopic (exact) mass is 393 g/mol. The summed E-state index contributed by atoms with van der Waals surface area (Å²) in [6.07, 6.45) is 9.86. The average Bonchev–Trinajstić information content (AvgIpc) is 3.40. The van der Waals surface area contributed by atoms with Crippen molar-refractivity contribution in [1.82, 2.24) is 24.5 Å². The van der Waals surface area contributed by atoms with Crippen LogP contribution in [0.1, 0.15) is 31.4 Å². The molecule has 4 aromatic rings. The van der Waals surface area contributed by atoms with Crippen LogP contribution in [0.3, 0.4) is 0 Å². The molecule has 1 N–H and O–H groups in total. The van der Waals surface area contributed by atoms with Crippen molar-refractivity contribution in [3.63, 3.8) is 0 Å². The molecule has 5 nitrogen and oxygen atoms in total. The Bertz CT molecular complexity index is 1300. The van der Waals surface area contributed by atoms with E-state index in [-0.39, 0.29) is 11.0 Å². The fourth-order valence-electron chi connectivity index (χ4n) is 5.54. The number of hydrogen-bond donors (Lipinski definition) is 1. The van der Waals surface area contributed by atoms with Crippen LogP contribution in [0, 0.1) is 11.6 Å². The van der Waals surface area contributed by atoms with E-state index in [0.29, 0.717) is 27.7 Å². The van der Waals surface area contributed by atoms with Crippen molar-refractivity contribution in [2.24, 2.45) is 7.05 Å². The van der Waals surface area contributed by atoms with Gasteiger partial charge in [0.1, 0.15) is 5.52 Å². The van der Waals surface area contributed by atoms with Gasteiger partial charge in [-0.15, -0.1) is 0 Å². The Labute approximate surface area is 166 Å². The molecule has 3 heterocycles. The van der Waals surface area contributed by atoms with Crippen molar-refractivity contribution in [1.29, 1.82) is 0 Å². The van der Waals surface area contributed by atoms with Gasteiger partial charge in [-0.3, -0.25) is 4.68 Å². The molecule has 3 aromatic heterocycles. The zero-order valence-electron chi connectivity index (χ0n) is 16.3. The van der Waals surface area contributed by atoms with Crippen molar-refractivity contribution in [3.05, 3.63) is 54.1 Å². The number of hydrogen-bond acceptors (Lipinski definition) is 3. The number of halogens is 2. The van der Waals surface area contributed by atoms with Crippen molar-refractivity contribution in [3.8, 4) is 11.1 Å². The lowest BCUT2D eigenvalue weighted by molar-refractivity contribution is 0.160. The summed E-state index contributed by atoms with van der Waals surface area (Å²) < 4.78 is 32.7. The Morgan fingerprint density at radius 3 is 2.55 bits per heavy atom. The number of benzene rings is 1. The van der Waals surface area contributed by atoms with E-state index in [2.05, 4.69) is 15.4 Å². The lowest BCUT2D eigenvalue weighted by Gasteiger charge is -2.46. The van der Waals surface area contributed by atoms with Gasteiger partial charge in [-0.05, 0) is 56.5 Å². The van der Waals surface area contributed by atoms with E-state index < -0.39 is 11.6 Å². The average molecular weight is 393 g/mol. The molecule has 2 bridgehead atoms. The van der Waals surface area contributed by atoms with Crippen LogP contribution >= 0.6 is 0 Å². The van der Waals surface area contributed by atoms with E-state index in [1.807, 2.05) is 25.5 Å². The van der Waals surface area contributed by atoms with Crippen LogP contribution in [-0.2, 0) is 12.5 Å². The smallest absolute Gasteiger partial charge is 0.173 e. The van der Waals surface area contributed by atoms with Gasteiger partial charge in [0, 0.05) is 47.5 Å². The molecule has 29 heavy (non-hydrogen) atoms. The number of aromatic nitrogens is 4. The van der Waals surface area contributed by atoms with Crippen molar-refractivity contribution in [2.75, 3.05) is 7.05 Å². The first-order chi connectivity index (χ1) is 13.9. The van der Waals surface area contributed by atoms with Crippen LogP contribution in [0.25, 0.3) is 27.7 Å². The van der Waals surface area contributed by atoms with E-state index in [9.17, 15) is 8.78 Å². The molecule has 3 aliphatic carbocycles. The molecule has 7 rings (SSSR count). The lowest BCUT2D eigenvalue weighted by Crippen LogP contribution is -2.54. The Morgan fingerprint density at radius 1 is 1.00 bits per heavy atom. The summed E-state index contributed by atoms with van der Waals surface area (Å²) in [5.41, 5.74) is 3.14. The normalized spacial score (nSPS) is 25.8. The largest absolute Gasteiger partial charge is 0.314 e. The molecule has 7 heteroatoms. The zero-order chi connectivity index (χ0) is 20.0. The lowest BCUT2D eigenvalue weighted by atomic mass is 9.63. The first-order valence-electron chi connectivity index (χ1n) is 9.91. The summed E-state index contributed by atoms with van der Waals surface area (Å²) in [5.74, 6) is -0.804. The number of rotatable bonds is 3. The molecule has 0 aliphatic heterocycles. The minimum atomic E-state index is -0.410. The fourth-order valence-corrected chi connectivity index (χ4v) is 5.54. The highest BCUT2D eigenvalue weighted by Crippen LogP contribution is 2.61. The second kappa shape index (κ2) is 5.42. The van der Waals surface area contributed by atoms with Gasteiger partial charge in [0.05, 0.1) is 5.69 Å². The molecule has 148 valence electrons. The van der Waals surface area contributed by atoms with Crippen LogP contribution < -0.4 is 5.32 Å². The number of pyridine rings is 1. The standard InChI is InChI=1S/C22H21F2N5/c1-25-22-4-3-21(11-22,12-22)18-10-29-9-14(7-17(24)20(29)26-18)13-5-15-8-28(2)27-19(15)16(23)6-13/h5-10,25H,3-4,11-12H2,1-2H3. The number of nitrogens with zero attached hydrogens (tertiary/aromatic N) is 4. The van der Waals surface area contributed by atoms with Crippen LogP contribution in [0.5, 0.6) is 0 Å². The van der Waals surface area contributed by atoms with Crippen LogP contribution in [0.2, 0.25) is 0 Å². The topological polar surface area (TPSA) is 47.1 Å². The third-order valence-corrected chi connectivity index (χ3v) is 7.03. The first kappa shape index (κ1) is 17.1. The van der Waals surface area contributed by atoms with Gasteiger partial charge >= 0.3 is 0 Å². The van der Waals surface area contributed by atoms with E-state index in [1.54, 1.807) is 22.3 Å². The summed E-state index contributed by atoms with van der Waals surface area (Å²) in [4.78, 5) is 4.65. The van der Waals surface area contributed by atoms with Gasteiger partial charge in [0.25, 0.3) is 0 Å². The summed E-state index contributed by atoms with van der Waals surface area (Å²) in [6.45, 7) is 0. The predicted octanol–water partition coefficient (Wildman–Crippen LogP) is 3.95. The Hall–Kier alpha value is -2.80. The van der Waals surface area contributed by atoms with Crippen molar-refractivity contribution >= 4 is 16.6 Å². The minimum absolute atomic E-state index is 0.0579. The van der Waals surface area contributed by atoms with Gasteiger partial charge in [0.15, 0.2) is 17.3 Å². The van der Waals surface area contributed by atoms with E-state index in [4.69, 9.17) is 0 Å². The number of imidazole rings is 1. The maximum absolute atomic E-state index is 14.9. The summed E-state index contributed by atoms with van der Waals surface area (Å²) in [7, 11) is 3.77. The van der Waals surface area contributed by atoms with Crippen LogP contribution in [0.15, 0.2) is 36.8 Å². The molecule has 0 saturated heterocycles. The highest BCUT2D eigenvalue weighted by atomic mass is 19.1. The molecule has 3 fully saturated rings. The molecule has 0 atom stereocenters. The van der Waals surface area contributed by atoms with E-state index in [0.717, 1.165) is 31.4 Å². The maximum atomic E-state index is 14.9. The first-order valence-corrected chi connectivity index (χ1v) is 9.91. The molecular weight excluding hydrogens is 372 g/mol. The third kappa shape index (κ3) is 2.28.